The summed E-state index contributed by atoms with van der Waals surface area (Å²) < 4.78 is 10.6. The summed E-state index contributed by atoms with van der Waals surface area (Å²) in [7, 11) is 0. The number of hydrogen-bond donors (Lipinski definition) is 0. The molecule has 0 amide bonds. The van der Waals surface area contributed by atoms with Crippen LogP contribution in [0.25, 0.3) is 0 Å². The van der Waals surface area contributed by atoms with Crippen LogP contribution in [-0.4, -0.2) is 20.9 Å². The second-order valence-electron chi connectivity index (χ2n) is 4.59. The SMILES string of the molecule is CC(=O)Oc1cc(C)cc(C)c1Oc1ncc([N+](=O)[O-])cn1. The number of ether oxygens (including phenoxy) is 2. The average molecular weight is 303 g/mol. The number of esters is 1. The predicted octanol–water partition coefficient (Wildman–Crippen LogP) is 2.72. The van der Waals surface area contributed by atoms with E-state index < -0.39 is 10.9 Å². The van der Waals surface area contributed by atoms with Gasteiger partial charge in [-0.15, -0.1) is 0 Å². The van der Waals surface area contributed by atoms with E-state index in [0.29, 0.717) is 0 Å². The fourth-order valence-corrected chi connectivity index (χ4v) is 1.82. The molecule has 1 heterocycles. The van der Waals surface area contributed by atoms with Gasteiger partial charge in [-0.3, -0.25) is 14.9 Å². The standard InChI is InChI=1S/C14H13N3O5/c1-8-4-9(2)13(12(5-8)21-10(3)18)22-14-15-6-11(7-16-14)17(19)20/h4-7H,1-3H3. The molecule has 0 aliphatic carbocycles. The van der Waals surface area contributed by atoms with Crippen molar-refractivity contribution in [3.63, 3.8) is 0 Å². The monoisotopic (exact) mass is 303 g/mol. The molecule has 0 fully saturated rings. The van der Waals surface area contributed by atoms with E-state index in [2.05, 4.69) is 9.97 Å². The Kier molecular flexibility index (Phi) is 4.31. The van der Waals surface area contributed by atoms with Crippen molar-refractivity contribution in [3.05, 3.63) is 45.8 Å². The summed E-state index contributed by atoms with van der Waals surface area (Å²) in [5, 5.41) is 10.6. The van der Waals surface area contributed by atoms with E-state index in [0.717, 1.165) is 23.5 Å². The van der Waals surface area contributed by atoms with Gasteiger partial charge in [0.25, 0.3) is 0 Å². The van der Waals surface area contributed by atoms with Gasteiger partial charge in [0.1, 0.15) is 12.4 Å². The first-order valence-corrected chi connectivity index (χ1v) is 6.31. The van der Waals surface area contributed by atoms with Gasteiger partial charge in [-0.25, -0.2) is 0 Å². The summed E-state index contributed by atoms with van der Waals surface area (Å²) >= 11 is 0. The smallest absolute Gasteiger partial charge is 0.322 e. The van der Waals surface area contributed by atoms with E-state index >= 15 is 0 Å². The molecule has 0 saturated carbocycles. The zero-order valence-electron chi connectivity index (χ0n) is 12.2. The molecule has 0 aliphatic rings. The quantitative estimate of drug-likeness (QED) is 0.370. The van der Waals surface area contributed by atoms with E-state index in [4.69, 9.17) is 9.47 Å². The Morgan fingerprint density at radius 2 is 1.86 bits per heavy atom. The van der Waals surface area contributed by atoms with Crippen molar-refractivity contribution in [2.24, 2.45) is 0 Å². The second-order valence-corrected chi connectivity index (χ2v) is 4.59. The summed E-state index contributed by atoms with van der Waals surface area (Å²) in [5.41, 5.74) is 1.37. The lowest BCUT2D eigenvalue weighted by atomic mass is 10.1. The van der Waals surface area contributed by atoms with Gasteiger partial charge in [0.15, 0.2) is 11.5 Å². The van der Waals surface area contributed by atoms with Gasteiger partial charge in [0.05, 0.1) is 4.92 Å². The molecule has 0 spiro atoms. The molecule has 1 aromatic heterocycles. The highest BCUT2D eigenvalue weighted by Gasteiger charge is 2.15. The number of nitrogens with zero attached hydrogens (tertiary/aromatic N) is 3. The van der Waals surface area contributed by atoms with Crippen molar-refractivity contribution in [2.45, 2.75) is 20.8 Å². The highest BCUT2D eigenvalue weighted by Crippen LogP contribution is 2.35. The Morgan fingerprint density at radius 3 is 2.41 bits per heavy atom. The van der Waals surface area contributed by atoms with Crippen LogP contribution in [-0.2, 0) is 4.79 Å². The maximum Gasteiger partial charge on any atom is 0.322 e. The molecule has 0 atom stereocenters. The first kappa shape index (κ1) is 15.4. The lowest BCUT2D eigenvalue weighted by Gasteiger charge is -2.12. The highest BCUT2D eigenvalue weighted by atomic mass is 16.6. The molecule has 1 aromatic carbocycles. The van der Waals surface area contributed by atoms with Crippen LogP contribution in [0.4, 0.5) is 5.69 Å². The lowest BCUT2D eigenvalue weighted by molar-refractivity contribution is -0.385. The van der Waals surface area contributed by atoms with Gasteiger partial charge >= 0.3 is 17.7 Å². The lowest BCUT2D eigenvalue weighted by Crippen LogP contribution is -2.05. The first-order chi connectivity index (χ1) is 10.4. The Balaban J connectivity index is 2.35. The van der Waals surface area contributed by atoms with E-state index in [1.807, 2.05) is 13.0 Å². The van der Waals surface area contributed by atoms with Crippen molar-refractivity contribution >= 4 is 11.7 Å². The van der Waals surface area contributed by atoms with Gasteiger partial charge in [-0.05, 0) is 31.0 Å². The largest absolute Gasteiger partial charge is 0.423 e. The minimum absolute atomic E-state index is 0.0778. The maximum atomic E-state index is 11.2. The molecule has 8 nitrogen and oxygen atoms in total. The third-order valence-electron chi connectivity index (χ3n) is 2.66. The van der Waals surface area contributed by atoms with Crippen molar-refractivity contribution in [1.82, 2.24) is 9.97 Å². The summed E-state index contributed by atoms with van der Waals surface area (Å²) in [6.07, 6.45) is 2.08. The van der Waals surface area contributed by atoms with Crippen LogP contribution in [0.5, 0.6) is 17.5 Å². The molecule has 0 bridgehead atoms. The van der Waals surface area contributed by atoms with Crippen LogP contribution >= 0.6 is 0 Å². The van der Waals surface area contributed by atoms with Gasteiger partial charge in [-0.1, -0.05) is 6.07 Å². The summed E-state index contributed by atoms with van der Waals surface area (Å²) in [5.74, 6) is 0.0427. The number of aryl methyl sites for hydroxylation is 2. The Hall–Kier alpha value is -3.03. The van der Waals surface area contributed by atoms with Crippen molar-refractivity contribution in [1.29, 1.82) is 0 Å². The Bertz CT molecular complexity index is 728. The minimum Gasteiger partial charge on any atom is -0.423 e. The number of nitro groups is 1. The maximum absolute atomic E-state index is 11.2. The molecule has 22 heavy (non-hydrogen) atoms. The number of benzene rings is 1. The van der Waals surface area contributed by atoms with Crippen molar-refractivity contribution < 1.29 is 19.2 Å². The van der Waals surface area contributed by atoms with Crippen LogP contribution in [0.3, 0.4) is 0 Å². The molecule has 8 heteroatoms. The van der Waals surface area contributed by atoms with Crippen LogP contribution in [0.2, 0.25) is 0 Å². The average Bonchev–Trinajstić information content (AvgIpc) is 2.42. The highest BCUT2D eigenvalue weighted by molar-refractivity contribution is 5.71. The number of rotatable bonds is 4. The van der Waals surface area contributed by atoms with E-state index in [1.165, 1.54) is 6.92 Å². The molecular formula is C14H13N3O5. The summed E-state index contributed by atoms with van der Waals surface area (Å²) in [4.78, 5) is 28.7. The Morgan fingerprint density at radius 1 is 1.23 bits per heavy atom. The zero-order valence-corrected chi connectivity index (χ0v) is 12.2. The number of aromatic nitrogens is 2. The normalized spacial score (nSPS) is 10.1. The Labute approximate surface area is 125 Å². The second kappa shape index (κ2) is 6.17. The molecule has 0 unspecified atom stereocenters. The summed E-state index contributed by atoms with van der Waals surface area (Å²) in [6.45, 7) is 4.91. The van der Waals surface area contributed by atoms with Crippen LogP contribution in [0.1, 0.15) is 18.1 Å². The number of carbonyl (C=O) groups excluding carboxylic acids is 1. The molecule has 0 saturated heterocycles. The predicted molar refractivity (Wildman–Crippen MR) is 76.0 cm³/mol. The topological polar surface area (TPSA) is 104 Å². The fraction of sp³-hybridized carbons (Fsp3) is 0.214. The van der Waals surface area contributed by atoms with Crippen molar-refractivity contribution in [3.8, 4) is 17.5 Å². The van der Waals surface area contributed by atoms with Crippen LogP contribution in [0, 0.1) is 24.0 Å². The molecule has 2 aromatic rings. The third-order valence-corrected chi connectivity index (χ3v) is 2.66. The van der Waals surface area contributed by atoms with Crippen molar-refractivity contribution in [2.75, 3.05) is 0 Å². The van der Waals surface area contributed by atoms with Gasteiger partial charge in [0, 0.05) is 6.92 Å². The number of hydrogen-bond acceptors (Lipinski definition) is 7. The third kappa shape index (κ3) is 3.54. The van der Waals surface area contributed by atoms with Gasteiger partial charge in [0.2, 0.25) is 0 Å². The molecular weight excluding hydrogens is 290 g/mol. The molecule has 0 radical (unpaired) electrons. The fourth-order valence-electron chi connectivity index (χ4n) is 1.82. The van der Waals surface area contributed by atoms with Crippen LogP contribution in [0.15, 0.2) is 24.5 Å². The van der Waals surface area contributed by atoms with Gasteiger partial charge in [-0.2, -0.15) is 9.97 Å². The summed E-state index contributed by atoms with van der Waals surface area (Å²) in [6, 6.07) is 3.41. The van der Waals surface area contributed by atoms with E-state index in [1.54, 1.807) is 13.0 Å². The van der Waals surface area contributed by atoms with E-state index in [-0.39, 0.29) is 23.2 Å². The van der Waals surface area contributed by atoms with E-state index in [9.17, 15) is 14.9 Å². The first-order valence-electron chi connectivity index (χ1n) is 6.31. The molecule has 114 valence electrons. The molecule has 0 N–H and O–H groups in total. The molecule has 2 rings (SSSR count). The number of carbonyl (C=O) groups is 1. The zero-order chi connectivity index (χ0) is 16.3. The van der Waals surface area contributed by atoms with Crippen LogP contribution < -0.4 is 9.47 Å². The molecule has 0 aliphatic heterocycles. The van der Waals surface area contributed by atoms with Gasteiger partial charge < -0.3 is 9.47 Å². The minimum atomic E-state index is -0.606.